The molecule has 0 fully saturated rings. The van der Waals surface area contributed by atoms with Gasteiger partial charge in [0.05, 0.1) is 11.9 Å². The first-order valence-electron chi connectivity index (χ1n) is 5.76. The quantitative estimate of drug-likeness (QED) is 0.872. The maximum Gasteiger partial charge on any atom is 0.153 e. The molecular weight excluding hydrogens is 212 g/mol. The number of hydrogen-bond donors (Lipinski definition) is 1. The van der Waals surface area contributed by atoms with E-state index in [9.17, 15) is 0 Å². The van der Waals surface area contributed by atoms with Gasteiger partial charge in [-0.1, -0.05) is 25.5 Å². The molecule has 0 atom stereocenters. The molecule has 0 amide bonds. The van der Waals surface area contributed by atoms with Crippen LogP contribution in [0.25, 0.3) is 0 Å². The number of aryl methyl sites for hydroxylation is 1. The van der Waals surface area contributed by atoms with E-state index in [1.54, 1.807) is 18.5 Å². The second-order valence-corrected chi connectivity index (χ2v) is 3.91. The van der Waals surface area contributed by atoms with E-state index in [-0.39, 0.29) is 0 Å². The number of benzene rings is 1. The van der Waals surface area contributed by atoms with Crippen molar-refractivity contribution in [1.82, 2.24) is 4.98 Å². The molecule has 88 valence electrons. The first-order chi connectivity index (χ1) is 8.29. The lowest BCUT2D eigenvalue weighted by atomic mass is 10.1. The van der Waals surface area contributed by atoms with Crippen LogP contribution >= 0.6 is 0 Å². The zero-order valence-corrected chi connectivity index (χ0v) is 9.89. The van der Waals surface area contributed by atoms with Crippen molar-refractivity contribution in [2.75, 3.05) is 5.73 Å². The average molecular weight is 228 g/mol. The Morgan fingerprint density at radius 3 is 2.59 bits per heavy atom. The van der Waals surface area contributed by atoms with Gasteiger partial charge in [0.15, 0.2) is 5.75 Å². The molecule has 0 aliphatic heterocycles. The molecule has 3 heteroatoms. The Kier molecular flexibility index (Phi) is 3.60. The molecule has 0 radical (unpaired) electrons. The molecule has 0 unspecified atom stereocenters. The van der Waals surface area contributed by atoms with Crippen LogP contribution in [-0.2, 0) is 6.42 Å². The Morgan fingerprint density at radius 1 is 1.18 bits per heavy atom. The summed E-state index contributed by atoms with van der Waals surface area (Å²) in [4.78, 5) is 3.92. The fourth-order valence-electron chi connectivity index (χ4n) is 1.63. The van der Waals surface area contributed by atoms with Gasteiger partial charge in [0, 0.05) is 12.3 Å². The summed E-state index contributed by atoms with van der Waals surface area (Å²) < 4.78 is 5.68. The number of pyridine rings is 1. The lowest BCUT2D eigenvalue weighted by Crippen LogP contribution is -1.92. The van der Waals surface area contributed by atoms with E-state index in [1.807, 2.05) is 12.1 Å². The summed E-state index contributed by atoms with van der Waals surface area (Å²) in [7, 11) is 0. The topological polar surface area (TPSA) is 48.1 Å². The Morgan fingerprint density at radius 2 is 1.94 bits per heavy atom. The molecule has 0 aliphatic carbocycles. The van der Waals surface area contributed by atoms with Gasteiger partial charge in [0.2, 0.25) is 0 Å². The van der Waals surface area contributed by atoms with Crippen LogP contribution in [-0.4, -0.2) is 4.98 Å². The number of aromatic nitrogens is 1. The van der Waals surface area contributed by atoms with E-state index in [0.29, 0.717) is 11.4 Å². The molecule has 0 bridgehead atoms. The summed E-state index contributed by atoms with van der Waals surface area (Å²) in [5.41, 5.74) is 7.63. The maximum atomic E-state index is 5.76. The van der Waals surface area contributed by atoms with Crippen molar-refractivity contribution in [2.45, 2.75) is 19.8 Å². The van der Waals surface area contributed by atoms with Crippen LogP contribution in [0.15, 0.2) is 42.7 Å². The number of rotatable bonds is 4. The van der Waals surface area contributed by atoms with Gasteiger partial charge in [-0.15, -0.1) is 0 Å². The highest BCUT2D eigenvalue weighted by molar-refractivity contribution is 5.51. The predicted molar refractivity (Wildman–Crippen MR) is 69.2 cm³/mol. The molecule has 1 aromatic carbocycles. The number of nitrogens with zero attached hydrogens (tertiary/aromatic N) is 1. The van der Waals surface area contributed by atoms with Crippen LogP contribution < -0.4 is 10.5 Å². The third-order valence-electron chi connectivity index (χ3n) is 2.50. The number of nitrogens with two attached hydrogens (primary N) is 1. The van der Waals surface area contributed by atoms with Crippen LogP contribution in [0.1, 0.15) is 18.9 Å². The molecule has 0 saturated heterocycles. The van der Waals surface area contributed by atoms with E-state index in [0.717, 1.165) is 18.6 Å². The molecule has 1 heterocycles. The second kappa shape index (κ2) is 5.34. The number of ether oxygens (including phenoxy) is 1. The molecule has 0 aliphatic rings. The molecule has 2 rings (SSSR count). The molecule has 1 aromatic heterocycles. The van der Waals surface area contributed by atoms with E-state index < -0.39 is 0 Å². The number of nitrogen functional groups attached to an aromatic ring is 1. The minimum atomic E-state index is 0.546. The molecule has 0 saturated carbocycles. The number of hydrogen-bond acceptors (Lipinski definition) is 3. The van der Waals surface area contributed by atoms with Crippen molar-refractivity contribution in [3.63, 3.8) is 0 Å². The molecule has 0 spiro atoms. The third kappa shape index (κ3) is 2.97. The molecule has 2 N–H and O–H groups in total. The van der Waals surface area contributed by atoms with Crippen molar-refractivity contribution in [3.05, 3.63) is 48.3 Å². The van der Waals surface area contributed by atoms with Gasteiger partial charge in [-0.2, -0.15) is 0 Å². The smallest absolute Gasteiger partial charge is 0.153 e. The van der Waals surface area contributed by atoms with Crippen molar-refractivity contribution < 1.29 is 4.74 Å². The van der Waals surface area contributed by atoms with E-state index in [2.05, 4.69) is 24.0 Å². The largest absolute Gasteiger partial charge is 0.455 e. The molecule has 17 heavy (non-hydrogen) atoms. The zero-order valence-electron chi connectivity index (χ0n) is 9.89. The summed E-state index contributed by atoms with van der Waals surface area (Å²) >= 11 is 0. The summed E-state index contributed by atoms with van der Waals surface area (Å²) in [6.45, 7) is 2.17. The summed E-state index contributed by atoms with van der Waals surface area (Å²) in [5.74, 6) is 1.44. The Hall–Kier alpha value is -2.03. The van der Waals surface area contributed by atoms with Gasteiger partial charge >= 0.3 is 0 Å². The second-order valence-electron chi connectivity index (χ2n) is 3.91. The first kappa shape index (κ1) is 11.5. The van der Waals surface area contributed by atoms with Gasteiger partial charge in [-0.05, 0) is 24.1 Å². The summed E-state index contributed by atoms with van der Waals surface area (Å²) in [6.07, 6.45) is 5.49. The van der Waals surface area contributed by atoms with Crippen molar-refractivity contribution in [2.24, 2.45) is 0 Å². The van der Waals surface area contributed by atoms with Gasteiger partial charge in [0.25, 0.3) is 0 Å². The van der Waals surface area contributed by atoms with E-state index in [4.69, 9.17) is 10.5 Å². The SMILES string of the molecule is CCCc1ccc(Oc2ccncc2N)cc1. The van der Waals surface area contributed by atoms with Gasteiger partial charge < -0.3 is 10.5 Å². The van der Waals surface area contributed by atoms with Gasteiger partial charge in [0.1, 0.15) is 5.75 Å². The number of anilines is 1. The summed E-state index contributed by atoms with van der Waals surface area (Å²) in [6, 6.07) is 9.84. The van der Waals surface area contributed by atoms with Crippen molar-refractivity contribution in [3.8, 4) is 11.5 Å². The lowest BCUT2D eigenvalue weighted by Gasteiger charge is -2.08. The summed E-state index contributed by atoms with van der Waals surface area (Å²) in [5, 5.41) is 0. The van der Waals surface area contributed by atoms with E-state index in [1.165, 1.54) is 5.56 Å². The third-order valence-corrected chi connectivity index (χ3v) is 2.50. The van der Waals surface area contributed by atoms with Gasteiger partial charge in [-0.25, -0.2) is 0 Å². The average Bonchev–Trinajstić information content (AvgIpc) is 2.35. The van der Waals surface area contributed by atoms with Crippen LogP contribution in [0.5, 0.6) is 11.5 Å². The Labute approximate surface area is 101 Å². The van der Waals surface area contributed by atoms with Crippen LogP contribution in [0.2, 0.25) is 0 Å². The van der Waals surface area contributed by atoms with Crippen molar-refractivity contribution >= 4 is 5.69 Å². The molecule has 2 aromatic rings. The van der Waals surface area contributed by atoms with Gasteiger partial charge in [-0.3, -0.25) is 4.98 Å². The lowest BCUT2D eigenvalue weighted by molar-refractivity contribution is 0.484. The highest BCUT2D eigenvalue weighted by atomic mass is 16.5. The predicted octanol–water partition coefficient (Wildman–Crippen LogP) is 3.41. The zero-order chi connectivity index (χ0) is 12.1. The highest BCUT2D eigenvalue weighted by Gasteiger charge is 2.01. The fraction of sp³-hybridized carbons (Fsp3) is 0.214. The van der Waals surface area contributed by atoms with Crippen LogP contribution in [0.3, 0.4) is 0 Å². The van der Waals surface area contributed by atoms with Crippen LogP contribution in [0, 0.1) is 0 Å². The highest BCUT2D eigenvalue weighted by Crippen LogP contribution is 2.26. The van der Waals surface area contributed by atoms with Crippen LogP contribution in [0.4, 0.5) is 5.69 Å². The van der Waals surface area contributed by atoms with E-state index >= 15 is 0 Å². The maximum absolute atomic E-state index is 5.76. The fourth-order valence-corrected chi connectivity index (χ4v) is 1.63. The monoisotopic (exact) mass is 228 g/mol. The molecule has 3 nitrogen and oxygen atoms in total. The Balaban J connectivity index is 2.11. The van der Waals surface area contributed by atoms with Crippen molar-refractivity contribution in [1.29, 1.82) is 0 Å². The minimum Gasteiger partial charge on any atom is -0.455 e. The minimum absolute atomic E-state index is 0.546. The first-order valence-corrected chi connectivity index (χ1v) is 5.76. The normalized spacial score (nSPS) is 10.2. The standard InChI is InChI=1S/C14H16N2O/c1-2-3-11-4-6-12(7-5-11)17-14-8-9-16-10-13(14)15/h4-10H,2-3,15H2,1H3. The Bertz CT molecular complexity index is 480. The molecular formula is C14H16N2O.